The normalized spacial score (nSPS) is 15.9. The molecule has 33 heavy (non-hydrogen) atoms. The number of nitrogens with one attached hydrogen (secondary N) is 2. The van der Waals surface area contributed by atoms with E-state index in [1.54, 1.807) is 0 Å². The maximum Gasteiger partial charge on any atom is 0.282 e. The Kier molecular flexibility index (Phi) is 7.98. The second-order valence-corrected chi connectivity index (χ2v) is 10.4. The van der Waals surface area contributed by atoms with Gasteiger partial charge in [-0.05, 0) is 49.8 Å². The van der Waals surface area contributed by atoms with Crippen molar-refractivity contribution in [3.05, 3.63) is 41.0 Å². The van der Waals surface area contributed by atoms with Crippen molar-refractivity contribution in [1.29, 1.82) is 0 Å². The molecule has 2 aromatic heterocycles. The lowest BCUT2D eigenvalue weighted by atomic mass is 9.97. The molecule has 1 aliphatic heterocycles. The number of hydrogen-bond donors (Lipinski definition) is 2. The van der Waals surface area contributed by atoms with Crippen molar-refractivity contribution in [2.45, 2.75) is 52.5 Å². The fourth-order valence-corrected chi connectivity index (χ4v) is 5.29. The molecule has 1 aromatic carbocycles. The number of anilines is 1. The van der Waals surface area contributed by atoms with Crippen molar-refractivity contribution in [2.24, 2.45) is 5.92 Å². The maximum absolute atomic E-state index is 13.1. The lowest BCUT2D eigenvalue weighted by Crippen LogP contribution is -2.46. The molecule has 1 unspecified atom stereocenters. The lowest BCUT2D eigenvalue weighted by molar-refractivity contribution is 0.0932. The van der Waals surface area contributed by atoms with Crippen molar-refractivity contribution < 1.29 is 4.79 Å². The smallest absolute Gasteiger partial charge is 0.282 e. The summed E-state index contributed by atoms with van der Waals surface area (Å²) in [4.78, 5) is 21.2. The summed E-state index contributed by atoms with van der Waals surface area (Å²) >= 11 is 1.41. The molecule has 1 fully saturated rings. The van der Waals surface area contributed by atoms with Crippen molar-refractivity contribution in [2.75, 3.05) is 37.6 Å². The SMILES string of the molecule is CCCN1CCN(c2nnc(C(=O)NC(CCC(C)C)Cc3c[nH]c4ccccc34)s2)CC1. The minimum atomic E-state index is -0.114. The van der Waals surface area contributed by atoms with Crippen molar-refractivity contribution in [3.8, 4) is 0 Å². The fraction of sp³-hybridized carbons (Fsp3) is 0.560. The van der Waals surface area contributed by atoms with Crippen LogP contribution in [-0.2, 0) is 6.42 Å². The van der Waals surface area contributed by atoms with Crippen LogP contribution in [0, 0.1) is 5.92 Å². The lowest BCUT2D eigenvalue weighted by Gasteiger charge is -2.34. The van der Waals surface area contributed by atoms with Gasteiger partial charge in [-0.2, -0.15) is 0 Å². The third-order valence-corrected chi connectivity index (χ3v) is 7.34. The molecule has 8 heteroatoms. The molecule has 2 N–H and O–H groups in total. The molecule has 0 aliphatic carbocycles. The largest absolute Gasteiger partial charge is 0.361 e. The number of benzene rings is 1. The van der Waals surface area contributed by atoms with Crippen LogP contribution >= 0.6 is 11.3 Å². The van der Waals surface area contributed by atoms with E-state index < -0.39 is 0 Å². The third-order valence-electron chi connectivity index (χ3n) is 6.36. The minimum Gasteiger partial charge on any atom is -0.361 e. The Hall–Kier alpha value is -2.45. The molecule has 1 amide bonds. The van der Waals surface area contributed by atoms with Gasteiger partial charge in [0.2, 0.25) is 10.1 Å². The van der Waals surface area contributed by atoms with E-state index in [1.807, 2.05) is 6.07 Å². The number of amides is 1. The van der Waals surface area contributed by atoms with Gasteiger partial charge in [-0.3, -0.25) is 9.69 Å². The van der Waals surface area contributed by atoms with E-state index in [-0.39, 0.29) is 11.9 Å². The van der Waals surface area contributed by atoms with E-state index in [4.69, 9.17) is 0 Å². The van der Waals surface area contributed by atoms with Gasteiger partial charge in [0.05, 0.1) is 0 Å². The predicted molar refractivity (Wildman–Crippen MR) is 136 cm³/mol. The summed E-state index contributed by atoms with van der Waals surface area (Å²) < 4.78 is 0. The maximum atomic E-state index is 13.1. The first-order chi connectivity index (χ1) is 16.0. The van der Waals surface area contributed by atoms with Crippen LogP contribution in [0.5, 0.6) is 0 Å². The zero-order chi connectivity index (χ0) is 23.2. The van der Waals surface area contributed by atoms with E-state index in [0.29, 0.717) is 10.9 Å². The topological polar surface area (TPSA) is 77.2 Å². The standard InChI is InChI=1S/C25H36N6OS/c1-4-11-30-12-14-31(15-13-30)25-29-28-24(33-25)23(32)27-20(10-9-18(2)3)16-19-17-26-22-8-6-5-7-21(19)22/h5-8,17-18,20,26H,4,9-16H2,1-3H3,(H,27,32). The highest BCUT2D eigenvalue weighted by molar-refractivity contribution is 7.17. The van der Waals surface area contributed by atoms with Crippen LogP contribution in [0.1, 0.15) is 55.4 Å². The molecular formula is C25H36N6OS. The first kappa shape index (κ1) is 23.7. The predicted octanol–water partition coefficient (Wildman–Crippen LogP) is 4.33. The summed E-state index contributed by atoms with van der Waals surface area (Å²) in [7, 11) is 0. The average Bonchev–Trinajstić information content (AvgIpc) is 3.46. The van der Waals surface area contributed by atoms with Gasteiger partial charge in [-0.1, -0.05) is 50.3 Å². The van der Waals surface area contributed by atoms with E-state index >= 15 is 0 Å². The summed E-state index contributed by atoms with van der Waals surface area (Å²) in [5.41, 5.74) is 2.37. The minimum absolute atomic E-state index is 0.0593. The molecule has 1 saturated heterocycles. The monoisotopic (exact) mass is 468 g/mol. The van der Waals surface area contributed by atoms with Crippen LogP contribution in [0.15, 0.2) is 30.5 Å². The van der Waals surface area contributed by atoms with E-state index in [0.717, 1.165) is 62.6 Å². The van der Waals surface area contributed by atoms with Crippen LogP contribution < -0.4 is 10.2 Å². The summed E-state index contributed by atoms with van der Waals surface area (Å²) in [6.45, 7) is 11.8. The van der Waals surface area contributed by atoms with Gasteiger partial charge in [0, 0.05) is 49.3 Å². The Bertz CT molecular complexity index is 1040. The van der Waals surface area contributed by atoms with Gasteiger partial charge in [0.25, 0.3) is 5.91 Å². The van der Waals surface area contributed by atoms with Crippen LogP contribution in [0.3, 0.4) is 0 Å². The van der Waals surface area contributed by atoms with E-state index in [1.165, 1.54) is 28.7 Å². The molecule has 3 aromatic rings. The quantitative estimate of drug-likeness (QED) is 0.463. The van der Waals surface area contributed by atoms with Gasteiger partial charge in [0.1, 0.15) is 0 Å². The van der Waals surface area contributed by atoms with Gasteiger partial charge in [0.15, 0.2) is 0 Å². The molecule has 0 radical (unpaired) electrons. The Morgan fingerprint density at radius 2 is 1.94 bits per heavy atom. The van der Waals surface area contributed by atoms with Gasteiger partial charge < -0.3 is 15.2 Å². The average molecular weight is 469 g/mol. The highest BCUT2D eigenvalue weighted by atomic mass is 32.1. The zero-order valence-electron chi connectivity index (χ0n) is 20.0. The van der Waals surface area contributed by atoms with Crippen LogP contribution in [0.2, 0.25) is 0 Å². The number of para-hydroxylation sites is 1. The number of nitrogens with zero attached hydrogens (tertiary/aromatic N) is 4. The first-order valence-electron chi connectivity index (χ1n) is 12.2. The molecule has 0 bridgehead atoms. The van der Waals surface area contributed by atoms with Gasteiger partial charge >= 0.3 is 0 Å². The number of aromatic nitrogens is 3. The Morgan fingerprint density at radius 3 is 2.70 bits per heavy atom. The highest BCUT2D eigenvalue weighted by Crippen LogP contribution is 2.24. The summed E-state index contributed by atoms with van der Waals surface area (Å²) in [5.74, 6) is 0.476. The Morgan fingerprint density at radius 1 is 1.15 bits per heavy atom. The molecule has 178 valence electrons. The highest BCUT2D eigenvalue weighted by Gasteiger charge is 2.23. The molecular weight excluding hydrogens is 432 g/mol. The van der Waals surface area contributed by atoms with Gasteiger partial charge in [-0.25, -0.2) is 0 Å². The van der Waals surface area contributed by atoms with Crippen LogP contribution in [0.4, 0.5) is 5.13 Å². The van der Waals surface area contributed by atoms with Crippen LogP contribution in [-0.4, -0.2) is 64.8 Å². The first-order valence-corrected chi connectivity index (χ1v) is 13.0. The third kappa shape index (κ3) is 6.12. The molecule has 1 aliphatic rings. The Balaban J connectivity index is 1.40. The molecule has 0 spiro atoms. The number of fused-ring (bicyclic) bond motifs is 1. The Labute approximate surface area is 200 Å². The molecule has 1 atom stereocenters. The second kappa shape index (κ2) is 11.1. The van der Waals surface area contributed by atoms with E-state index in [2.05, 4.69) is 75.5 Å². The number of hydrogen-bond acceptors (Lipinski definition) is 6. The number of H-pyrrole nitrogens is 1. The van der Waals surface area contributed by atoms with Crippen molar-refractivity contribution >= 4 is 33.3 Å². The number of carbonyl (C=O) groups excluding carboxylic acids is 1. The van der Waals surface area contributed by atoms with E-state index in [9.17, 15) is 4.79 Å². The molecule has 4 rings (SSSR count). The second-order valence-electron chi connectivity index (χ2n) is 9.42. The summed E-state index contributed by atoms with van der Waals surface area (Å²) in [6.07, 6.45) is 6.05. The van der Waals surface area contributed by atoms with Crippen LogP contribution in [0.25, 0.3) is 10.9 Å². The van der Waals surface area contributed by atoms with Crippen molar-refractivity contribution in [1.82, 2.24) is 25.4 Å². The summed E-state index contributed by atoms with van der Waals surface area (Å²) in [5, 5.41) is 14.4. The molecule has 3 heterocycles. The zero-order valence-corrected chi connectivity index (χ0v) is 20.8. The summed E-state index contributed by atoms with van der Waals surface area (Å²) in [6, 6.07) is 8.39. The molecule has 7 nitrogen and oxygen atoms in total. The number of aromatic amines is 1. The number of rotatable bonds is 10. The van der Waals surface area contributed by atoms with Gasteiger partial charge in [-0.15, -0.1) is 10.2 Å². The number of piperazine rings is 1. The number of carbonyl (C=O) groups is 1. The fourth-order valence-electron chi connectivity index (χ4n) is 4.49. The molecule has 0 saturated carbocycles. The van der Waals surface area contributed by atoms with Crippen molar-refractivity contribution in [3.63, 3.8) is 0 Å².